The van der Waals surface area contributed by atoms with Crippen LogP contribution in [0.15, 0.2) is 48.0 Å². The van der Waals surface area contributed by atoms with E-state index in [4.69, 9.17) is 11.6 Å². The maximum absolute atomic E-state index is 12.8. The van der Waals surface area contributed by atoms with Crippen molar-refractivity contribution >= 4 is 40.9 Å². The van der Waals surface area contributed by atoms with Gasteiger partial charge in [0.1, 0.15) is 5.57 Å². The lowest BCUT2D eigenvalue weighted by atomic mass is 10.1. The molecule has 0 spiro atoms. The molecule has 1 aliphatic heterocycles. The SMILES string of the molecule is Cc1ccc(N2NC(=O)/C(=C/c3ccc(N(C)CCC(C)C)cc3)C2=O)cc1Cl. The van der Waals surface area contributed by atoms with Gasteiger partial charge in [-0.2, -0.15) is 0 Å². The number of nitrogens with one attached hydrogen (secondary N) is 1. The van der Waals surface area contributed by atoms with Gasteiger partial charge in [0.2, 0.25) is 0 Å². The molecule has 1 aliphatic rings. The van der Waals surface area contributed by atoms with Crippen LogP contribution < -0.4 is 15.3 Å². The van der Waals surface area contributed by atoms with Gasteiger partial charge in [0.15, 0.2) is 0 Å². The highest BCUT2D eigenvalue weighted by atomic mass is 35.5. The van der Waals surface area contributed by atoms with Crippen LogP contribution in [0.5, 0.6) is 0 Å². The lowest BCUT2D eigenvalue weighted by Gasteiger charge is -2.20. The molecule has 0 saturated carbocycles. The monoisotopic (exact) mass is 411 g/mol. The molecule has 1 N–H and O–H groups in total. The maximum atomic E-state index is 12.8. The smallest absolute Gasteiger partial charge is 0.282 e. The second-order valence-corrected chi connectivity index (χ2v) is 8.18. The molecule has 0 radical (unpaired) electrons. The lowest BCUT2D eigenvalue weighted by molar-refractivity contribution is -0.117. The van der Waals surface area contributed by atoms with Gasteiger partial charge in [-0.25, -0.2) is 5.01 Å². The van der Waals surface area contributed by atoms with E-state index < -0.39 is 11.8 Å². The fourth-order valence-electron chi connectivity index (χ4n) is 3.03. The molecule has 29 heavy (non-hydrogen) atoms. The number of amides is 2. The Morgan fingerprint density at radius 1 is 1.14 bits per heavy atom. The van der Waals surface area contributed by atoms with Crippen LogP contribution in [0.25, 0.3) is 6.08 Å². The summed E-state index contributed by atoms with van der Waals surface area (Å²) in [5.74, 6) is -0.169. The molecule has 3 rings (SSSR count). The lowest BCUT2D eigenvalue weighted by Crippen LogP contribution is -2.35. The van der Waals surface area contributed by atoms with E-state index in [0.29, 0.717) is 16.6 Å². The second-order valence-electron chi connectivity index (χ2n) is 7.77. The summed E-state index contributed by atoms with van der Waals surface area (Å²) in [4.78, 5) is 27.3. The standard InChI is InChI=1S/C23H26ClN3O2/c1-15(2)11-12-26(4)18-9-6-17(7-10-18)13-20-22(28)25-27(23(20)29)19-8-5-16(3)21(24)14-19/h5-10,13-15H,11-12H2,1-4H3,(H,25,28)/b20-13-. The number of halogens is 1. The highest BCUT2D eigenvalue weighted by molar-refractivity contribution is 6.33. The number of benzene rings is 2. The zero-order chi connectivity index (χ0) is 21.1. The Bertz CT molecular complexity index is 951. The van der Waals surface area contributed by atoms with Crippen LogP contribution in [-0.2, 0) is 9.59 Å². The Labute approximate surface area is 176 Å². The van der Waals surface area contributed by atoms with Gasteiger partial charge in [-0.3, -0.25) is 15.0 Å². The van der Waals surface area contributed by atoms with Crippen molar-refractivity contribution < 1.29 is 9.59 Å². The third-order valence-corrected chi connectivity index (χ3v) is 5.40. The average Bonchev–Trinajstić information content (AvgIpc) is 2.97. The van der Waals surface area contributed by atoms with Crippen LogP contribution in [0.4, 0.5) is 11.4 Å². The van der Waals surface area contributed by atoms with Crippen molar-refractivity contribution in [3.8, 4) is 0 Å². The predicted octanol–water partition coefficient (Wildman–Crippen LogP) is 4.59. The molecule has 152 valence electrons. The Morgan fingerprint density at radius 3 is 2.45 bits per heavy atom. The van der Waals surface area contributed by atoms with Gasteiger partial charge in [0.25, 0.3) is 11.8 Å². The average molecular weight is 412 g/mol. The van der Waals surface area contributed by atoms with E-state index in [2.05, 4.69) is 31.2 Å². The zero-order valence-corrected chi connectivity index (χ0v) is 18.0. The van der Waals surface area contributed by atoms with E-state index in [1.54, 1.807) is 18.2 Å². The zero-order valence-electron chi connectivity index (χ0n) is 17.2. The Morgan fingerprint density at radius 2 is 1.83 bits per heavy atom. The van der Waals surface area contributed by atoms with Crippen molar-refractivity contribution in [2.75, 3.05) is 23.5 Å². The van der Waals surface area contributed by atoms with Gasteiger partial charge >= 0.3 is 0 Å². The summed E-state index contributed by atoms with van der Waals surface area (Å²) >= 11 is 6.15. The van der Waals surface area contributed by atoms with Crippen molar-refractivity contribution in [3.63, 3.8) is 0 Å². The quantitative estimate of drug-likeness (QED) is 0.558. The van der Waals surface area contributed by atoms with Crippen LogP contribution in [0, 0.1) is 12.8 Å². The minimum absolute atomic E-state index is 0.0996. The second kappa shape index (κ2) is 8.70. The van der Waals surface area contributed by atoms with Crippen LogP contribution >= 0.6 is 11.6 Å². The summed E-state index contributed by atoms with van der Waals surface area (Å²) in [5, 5.41) is 1.77. The molecule has 0 bridgehead atoms. The Hall–Kier alpha value is -2.79. The number of rotatable bonds is 6. The van der Waals surface area contributed by atoms with Crippen molar-refractivity contribution in [2.24, 2.45) is 5.92 Å². The van der Waals surface area contributed by atoms with Crippen LogP contribution in [0.3, 0.4) is 0 Å². The van der Waals surface area contributed by atoms with E-state index >= 15 is 0 Å². The van der Waals surface area contributed by atoms with Gasteiger partial charge in [0.05, 0.1) is 5.69 Å². The van der Waals surface area contributed by atoms with Gasteiger partial charge in [-0.05, 0) is 60.7 Å². The molecule has 2 aromatic carbocycles. The van der Waals surface area contributed by atoms with E-state index in [0.717, 1.165) is 29.8 Å². The molecule has 5 nitrogen and oxygen atoms in total. The molecule has 0 aliphatic carbocycles. The Balaban J connectivity index is 1.77. The summed E-state index contributed by atoms with van der Waals surface area (Å²) < 4.78 is 0. The molecule has 2 aromatic rings. The minimum atomic E-state index is -0.426. The van der Waals surface area contributed by atoms with Crippen molar-refractivity contribution in [2.45, 2.75) is 27.2 Å². The van der Waals surface area contributed by atoms with Crippen LogP contribution in [0.1, 0.15) is 31.4 Å². The molecule has 0 atom stereocenters. The highest BCUT2D eigenvalue weighted by Crippen LogP contribution is 2.26. The van der Waals surface area contributed by atoms with Crippen molar-refractivity contribution in [1.82, 2.24) is 5.43 Å². The third kappa shape index (κ3) is 4.80. The van der Waals surface area contributed by atoms with E-state index in [9.17, 15) is 9.59 Å². The van der Waals surface area contributed by atoms with Gasteiger partial charge in [0, 0.05) is 24.3 Å². The number of carbonyl (C=O) groups excluding carboxylic acids is 2. The van der Waals surface area contributed by atoms with Crippen LogP contribution in [-0.4, -0.2) is 25.4 Å². The van der Waals surface area contributed by atoms with E-state index in [-0.39, 0.29) is 5.57 Å². The third-order valence-electron chi connectivity index (χ3n) is 4.99. The summed E-state index contributed by atoms with van der Waals surface area (Å²) in [7, 11) is 2.06. The first-order valence-electron chi connectivity index (χ1n) is 9.70. The topological polar surface area (TPSA) is 52.7 Å². The van der Waals surface area contributed by atoms with E-state index in [1.165, 1.54) is 5.01 Å². The number of hydrogen-bond acceptors (Lipinski definition) is 3. The van der Waals surface area contributed by atoms with Crippen molar-refractivity contribution in [1.29, 1.82) is 0 Å². The molecule has 2 amide bonds. The molecule has 6 heteroatoms. The number of carbonyl (C=O) groups is 2. The molecule has 1 heterocycles. The summed E-state index contributed by atoms with van der Waals surface area (Å²) in [5.41, 5.74) is 6.04. The summed E-state index contributed by atoms with van der Waals surface area (Å²) in [6, 6.07) is 13.1. The van der Waals surface area contributed by atoms with E-state index in [1.807, 2.05) is 37.3 Å². The largest absolute Gasteiger partial charge is 0.375 e. The summed E-state index contributed by atoms with van der Waals surface area (Å²) in [6.45, 7) is 7.28. The molecule has 1 fully saturated rings. The number of anilines is 2. The van der Waals surface area contributed by atoms with Gasteiger partial charge < -0.3 is 4.90 Å². The maximum Gasteiger partial charge on any atom is 0.282 e. The number of aryl methyl sites for hydroxylation is 1. The minimum Gasteiger partial charge on any atom is -0.375 e. The summed E-state index contributed by atoms with van der Waals surface area (Å²) in [6.07, 6.45) is 2.74. The van der Waals surface area contributed by atoms with Crippen LogP contribution in [0.2, 0.25) is 5.02 Å². The number of nitrogens with zero attached hydrogens (tertiary/aromatic N) is 2. The predicted molar refractivity (Wildman–Crippen MR) is 119 cm³/mol. The van der Waals surface area contributed by atoms with Gasteiger partial charge in [-0.1, -0.05) is 43.6 Å². The normalized spacial score (nSPS) is 15.4. The molecular weight excluding hydrogens is 386 g/mol. The molecule has 1 saturated heterocycles. The molecule has 0 aromatic heterocycles. The molecule has 0 unspecified atom stereocenters. The first-order chi connectivity index (χ1) is 13.8. The Kier molecular flexibility index (Phi) is 6.28. The van der Waals surface area contributed by atoms with Gasteiger partial charge in [-0.15, -0.1) is 0 Å². The fraction of sp³-hybridized carbons (Fsp3) is 0.304. The first kappa shape index (κ1) is 20.9. The number of hydrazine groups is 1. The fourth-order valence-corrected chi connectivity index (χ4v) is 3.21. The first-order valence-corrected chi connectivity index (χ1v) is 10.1. The van der Waals surface area contributed by atoms with Crippen molar-refractivity contribution in [3.05, 3.63) is 64.2 Å². The molecular formula is C23H26ClN3O2. The number of hydrogen-bond donors (Lipinski definition) is 1. The highest BCUT2D eigenvalue weighted by Gasteiger charge is 2.34.